The average Bonchev–Trinajstić information content (AvgIpc) is 2.63. The molecule has 26 heavy (non-hydrogen) atoms. The van der Waals surface area contributed by atoms with Crippen molar-refractivity contribution in [2.45, 2.75) is 33.2 Å². The van der Waals surface area contributed by atoms with Crippen molar-refractivity contribution in [3.05, 3.63) is 23.8 Å². The molecule has 2 rings (SSSR count). The standard InChI is InChI=1S/C19H29N3O4/c1-5-8-20-17(23)12-22(4)19(24)21-18(13(2)3)14-6-7-15-16(11-14)26-10-9-25-15/h6-7,11,13,18H,5,8-10,12H2,1-4H3,(H,20,23)(H,21,24). The number of hydrogen-bond donors (Lipinski definition) is 2. The lowest BCUT2D eigenvalue weighted by atomic mass is 9.95. The third kappa shape index (κ3) is 5.28. The maximum atomic E-state index is 12.5. The van der Waals surface area contributed by atoms with Gasteiger partial charge in [0.2, 0.25) is 5.91 Å². The normalized spacial score (nSPS) is 13.9. The molecule has 1 heterocycles. The monoisotopic (exact) mass is 363 g/mol. The number of rotatable bonds is 7. The molecule has 0 saturated heterocycles. The minimum Gasteiger partial charge on any atom is -0.486 e. The van der Waals surface area contributed by atoms with Crippen LogP contribution in [0.15, 0.2) is 18.2 Å². The summed E-state index contributed by atoms with van der Waals surface area (Å²) >= 11 is 0. The zero-order chi connectivity index (χ0) is 19.1. The molecule has 0 spiro atoms. The van der Waals surface area contributed by atoms with E-state index in [1.807, 2.05) is 39.0 Å². The molecule has 7 heteroatoms. The van der Waals surface area contributed by atoms with Gasteiger partial charge in [0.25, 0.3) is 0 Å². The highest BCUT2D eigenvalue weighted by molar-refractivity contribution is 5.84. The van der Waals surface area contributed by atoms with Crippen molar-refractivity contribution < 1.29 is 19.1 Å². The molecule has 0 aromatic heterocycles. The zero-order valence-corrected chi connectivity index (χ0v) is 16.0. The third-order valence-electron chi connectivity index (χ3n) is 4.17. The molecule has 1 aliphatic heterocycles. The van der Waals surface area contributed by atoms with Crippen LogP contribution in [0.2, 0.25) is 0 Å². The fourth-order valence-corrected chi connectivity index (χ4v) is 2.74. The summed E-state index contributed by atoms with van der Waals surface area (Å²) in [5.41, 5.74) is 0.946. The van der Waals surface area contributed by atoms with E-state index in [2.05, 4.69) is 10.6 Å². The predicted octanol–water partition coefficient (Wildman–Crippen LogP) is 2.32. The second-order valence-electron chi connectivity index (χ2n) is 6.78. The van der Waals surface area contributed by atoms with Gasteiger partial charge in [0, 0.05) is 13.6 Å². The molecular formula is C19H29N3O4. The minimum atomic E-state index is -0.287. The van der Waals surface area contributed by atoms with E-state index in [-0.39, 0.29) is 30.4 Å². The van der Waals surface area contributed by atoms with Crippen molar-refractivity contribution in [1.82, 2.24) is 15.5 Å². The third-order valence-corrected chi connectivity index (χ3v) is 4.17. The van der Waals surface area contributed by atoms with Crippen LogP contribution in [0.25, 0.3) is 0 Å². The van der Waals surface area contributed by atoms with Crippen LogP contribution >= 0.6 is 0 Å². The van der Waals surface area contributed by atoms with Crippen molar-refractivity contribution in [3.63, 3.8) is 0 Å². The van der Waals surface area contributed by atoms with Gasteiger partial charge in [-0.3, -0.25) is 4.79 Å². The van der Waals surface area contributed by atoms with Gasteiger partial charge in [-0.15, -0.1) is 0 Å². The lowest BCUT2D eigenvalue weighted by Gasteiger charge is -2.27. The fourth-order valence-electron chi connectivity index (χ4n) is 2.74. The van der Waals surface area contributed by atoms with Crippen LogP contribution in [0.1, 0.15) is 38.8 Å². The van der Waals surface area contributed by atoms with Crippen molar-refractivity contribution in [2.75, 3.05) is 33.4 Å². The number of carbonyl (C=O) groups is 2. The number of nitrogens with zero attached hydrogens (tertiary/aromatic N) is 1. The van der Waals surface area contributed by atoms with Gasteiger partial charge in [-0.1, -0.05) is 26.8 Å². The molecule has 0 fully saturated rings. The highest BCUT2D eigenvalue weighted by Crippen LogP contribution is 2.34. The highest BCUT2D eigenvalue weighted by Gasteiger charge is 2.23. The Morgan fingerprint density at radius 2 is 1.88 bits per heavy atom. The highest BCUT2D eigenvalue weighted by atomic mass is 16.6. The number of amides is 3. The van der Waals surface area contributed by atoms with Gasteiger partial charge in [-0.2, -0.15) is 0 Å². The maximum Gasteiger partial charge on any atom is 0.318 e. The molecule has 1 aromatic rings. The Bertz CT molecular complexity index is 633. The molecule has 2 N–H and O–H groups in total. The summed E-state index contributed by atoms with van der Waals surface area (Å²) in [6.45, 7) is 7.76. The summed E-state index contributed by atoms with van der Waals surface area (Å²) in [5.74, 6) is 1.42. The van der Waals surface area contributed by atoms with Crippen molar-refractivity contribution >= 4 is 11.9 Å². The van der Waals surface area contributed by atoms with Crippen LogP contribution in [0.4, 0.5) is 4.79 Å². The van der Waals surface area contributed by atoms with Crippen molar-refractivity contribution in [1.29, 1.82) is 0 Å². The number of urea groups is 1. The predicted molar refractivity (Wildman–Crippen MR) is 99.5 cm³/mol. The topological polar surface area (TPSA) is 79.9 Å². The lowest BCUT2D eigenvalue weighted by Crippen LogP contribution is -2.45. The van der Waals surface area contributed by atoms with Crippen LogP contribution in [-0.2, 0) is 4.79 Å². The summed E-state index contributed by atoms with van der Waals surface area (Å²) in [4.78, 5) is 25.7. The van der Waals surface area contributed by atoms with E-state index in [0.717, 1.165) is 17.7 Å². The number of nitrogens with one attached hydrogen (secondary N) is 2. The number of ether oxygens (including phenoxy) is 2. The van der Waals surface area contributed by atoms with E-state index >= 15 is 0 Å². The van der Waals surface area contributed by atoms with Crippen LogP contribution in [-0.4, -0.2) is 50.2 Å². The lowest BCUT2D eigenvalue weighted by molar-refractivity contribution is -0.121. The molecule has 1 unspecified atom stereocenters. The van der Waals surface area contributed by atoms with E-state index in [9.17, 15) is 9.59 Å². The van der Waals surface area contributed by atoms with E-state index in [4.69, 9.17) is 9.47 Å². The molecule has 0 aliphatic carbocycles. The Morgan fingerprint density at radius 3 is 2.54 bits per heavy atom. The smallest absolute Gasteiger partial charge is 0.318 e. The zero-order valence-electron chi connectivity index (χ0n) is 16.0. The first-order valence-corrected chi connectivity index (χ1v) is 9.10. The Hall–Kier alpha value is -2.44. The minimum absolute atomic E-state index is 0.0256. The van der Waals surface area contributed by atoms with E-state index in [0.29, 0.717) is 25.5 Å². The summed E-state index contributed by atoms with van der Waals surface area (Å²) in [6, 6.07) is 5.23. The van der Waals surface area contributed by atoms with Gasteiger partial charge >= 0.3 is 6.03 Å². The Labute approximate surface area is 155 Å². The average molecular weight is 363 g/mol. The van der Waals surface area contributed by atoms with Crippen molar-refractivity contribution in [2.24, 2.45) is 5.92 Å². The van der Waals surface area contributed by atoms with Crippen LogP contribution < -0.4 is 20.1 Å². The molecule has 0 bridgehead atoms. The number of likely N-dealkylation sites (N-methyl/N-ethyl adjacent to an activating group) is 1. The molecule has 7 nitrogen and oxygen atoms in total. The van der Waals surface area contributed by atoms with Gasteiger partial charge in [0.15, 0.2) is 11.5 Å². The largest absolute Gasteiger partial charge is 0.486 e. The van der Waals surface area contributed by atoms with Gasteiger partial charge < -0.3 is 25.0 Å². The summed E-state index contributed by atoms with van der Waals surface area (Å²) < 4.78 is 11.2. The quantitative estimate of drug-likeness (QED) is 0.779. The SMILES string of the molecule is CCCNC(=O)CN(C)C(=O)NC(c1ccc2c(c1)OCCO2)C(C)C. The summed E-state index contributed by atoms with van der Waals surface area (Å²) in [6.07, 6.45) is 0.862. The van der Waals surface area contributed by atoms with Crippen LogP contribution in [0.3, 0.4) is 0 Å². The molecule has 1 aliphatic rings. The second-order valence-corrected chi connectivity index (χ2v) is 6.78. The Balaban J connectivity index is 2.03. The van der Waals surface area contributed by atoms with Gasteiger partial charge in [0.05, 0.1) is 6.04 Å². The number of hydrogen-bond acceptors (Lipinski definition) is 4. The van der Waals surface area contributed by atoms with E-state index < -0.39 is 0 Å². The number of benzene rings is 1. The van der Waals surface area contributed by atoms with Crippen LogP contribution in [0.5, 0.6) is 11.5 Å². The Morgan fingerprint density at radius 1 is 1.19 bits per heavy atom. The first-order chi connectivity index (χ1) is 12.4. The Kier molecular flexibility index (Phi) is 7.12. The second kappa shape index (κ2) is 9.31. The van der Waals surface area contributed by atoms with E-state index in [1.54, 1.807) is 7.05 Å². The number of carbonyl (C=O) groups excluding carboxylic acids is 2. The first-order valence-electron chi connectivity index (χ1n) is 9.10. The molecule has 1 aromatic carbocycles. The fraction of sp³-hybridized carbons (Fsp3) is 0.579. The molecule has 3 amide bonds. The molecule has 0 radical (unpaired) electrons. The summed E-state index contributed by atoms with van der Waals surface area (Å²) in [7, 11) is 1.61. The summed E-state index contributed by atoms with van der Waals surface area (Å²) in [5, 5.41) is 5.78. The first kappa shape index (κ1) is 19.9. The molecule has 1 atom stereocenters. The van der Waals surface area contributed by atoms with Crippen LogP contribution in [0, 0.1) is 5.92 Å². The maximum absolute atomic E-state index is 12.5. The van der Waals surface area contributed by atoms with E-state index in [1.165, 1.54) is 4.90 Å². The molecule has 0 saturated carbocycles. The molecule has 144 valence electrons. The van der Waals surface area contributed by atoms with Gasteiger partial charge in [0.1, 0.15) is 19.8 Å². The van der Waals surface area contributed by atoms with Crippen molar-refractivity contribution in [3.8, 4) is 11.5 Å². The number of fused-ring (bicyclic) bond motifs is 1. The van der Waals surface area contributed by atoms with Gasteiger partial charge in [-0.25, -0.2) is 4.79 Å². The molecular weight excluding hydrogens is 334 g/mol. The van der Waals surface area contributed by atoms with Gasteiger partial charge in [-0.05, 0) is 30.0 Å².